The average molecular weight is 295 g/mol. The third kappa shape index (κ3) is 2.99. The highest BCUT2D eigenvalue weighted by molar-refractivity contribution is 8.13. The highest BCUT2D eigenvalue weighted by Gasteiger charge is 2.13. The zero-order chi connectivity index (χ0) is 14.2. The molecule has 0 N–H and O–H groups in total. The van der Waals surface area contributed by atoms with E-state index in [9.17, 15) is 8.42 Å². The van der Waals surface area contributed by atoms with Gasteiger partial charge in [-0.1, -0.05) is 24.3 Å². The minimum atomic E-state index is -3.71. The maximum Gasteiger partial charge on any atom is 0.261 e. The summed E-state index contributed by atoms with van der Waals surface area (Å²) in [6.45, 7) is 5.93. The molecule has 2 aromatic carbocycles. The smallest absolute Gasteiger partial charge is 0.207 e. The fraction of sp³-hybridized carbons (Fsp3) is 0.200. The molecule has 0 heterocycles. The lowest BCUT2D eigenvalue weighted by Gasteiger charge is -2.11. The standard InChI is InChI=1S/C15H15ClO2S/c1-10-7-13(9-14(8-10)19(16,17)18)15-6-4-5-11(2)12(15)3/h4-9H,1-3H3. The van der Waals surface area contributed by atoms with Gasteiger partial charge in [0.1, 0.15) is 0 Å². The Morgan fingerprint density at radius 3 is 2.32 bits per heavy atom. The molecular weight excluding hydrogens is 280 g/mol. The number of hydrogen-bond acceptors (Lipinski definition) is 2. The first-order chi connectivity index (χ1) is 8.79. The van der Waals surface area contributed by atoms with Crippen LogP contribution >= 0.6 is 10.7 Å². The van der Waals surface area contributed by atoms with E-state index >= 15 is 0 Å². The molecule has 0 fully saturated rings. The van der Waals surface area contributed by atoms with Crippen molar-refractivity contribution in [2.24, 2.45) is 0 Å². The van der Waals surface area contributed by atoms with Gasteiger partial charge in [-0.25, -0.2) is 8.42 Å². The first-order valence-corrected chi connectivity index (χ1v) is 8.23. The highest BCUT2D eigenvalue weighted by Crippen LogP contribution is 2.29. The molecule has 0 unspecified atom stereocenters. The third-order valence-corrected chi connectivity index (χ3v) is 4.58. The second-order valence-electron chi connectivity index (χ2n) is 4.72. The molecule has 0 saturated heterocycles. The summed E-state index contributed by atoms with van der Waals surface area (Å²) < 4.78 is 23.0. The van der Waals surface area contributed by atoms with Gasteiger partial charge < -0.3 is 0 Å². The van der Waals surface area contributed by atoms with Crippen molar-refractivity contribution in [3.05, 3.63) is 53.1 Å². The van der Waals surface area contributed by atoms with Gasteiger partial charge in [0.25, 0.3) is 9.05 Å². The molecule has 19 heavy (non-hydrogen) atoms. The summed E-state index contributed by atoms with van der Waals surface area (Å²) >= 11 is 0. The number of halogens is 1. The molecule has 0 bridgehead atoms. The zero-order valence-electron chi connectivity index (χ0n) is 11.1. The molecule has 4 heteroatoms. The molecule has 0 spiro atoms. The molecule has 0 amide bonds. The van der Waals surface area contributed by atoms with Gasteiger partial charge in [0.05, 0.1) is 4.90 Å². The van der Waals surface area contributed by atoms with E-state index in [1.807, 2.05) is 45.0 Å². The Kier molecular flexibility index (Phi) is 3.70. The molecule has 0 aliphatic rings. The Labute approximate surface area is 118 Å². The van der Waals surface area contributed by atoms with Crippen molar-refractivity contribution in [1.29, 1.82) is 0 Å². The lowest BCUT2D eigenvalue weighted by molar-refractivity contribution is 0.609. The number of aryl methyl sites for hydroxylation is 2. The van der Waals surface area contributed by atoms with Crippen molar-refractivity contribution in [3.8, 4) is 11.1 Å². The molecule has 0 saturated carbocycles. The van der Waals surface area contributed by atoms with Gasteiger partial charge in [0.2, 0.25) is 0 Å². The van der Waals surface area contributed by atoms with Crippen molar-refractivity contribution in [3.63, 3.8) is 0 Å². The summed E-state index contributed by atoms with van der Waals surface area (Å²) in [5.74, 6) is 0. The quantitative estimate of drug-likeness (QED) is 0.778. The Morgan fingerprint density at radius 2 is 1.68 bits per heavy atom. The molecular formula is C15H15ClO2S. The van der Waals surface area contributed by atoms with Gasteiger partial charge >= 0.3 is 0 Å². The first kappa shape index (κ1) is 14.1. The Hall–Kier alpha value is -1.32. The summed E-state index contributed by atoms with van der Waals surface area (Å²) in [5.41, 5.74) is 5.10. The van der Waals surface area contributed by atoms with Crippen LogP contribution in [-0.4, -0.2) is 8.42 Å². The second kappa shape index (κ2) is 4.99. The Morgan fingerprint density at radius 1 is 1.00 bits per heavy atom. The molecule has 2 nitrogen and oxygen atoms in total. The van der Waals surface area contributed by atoms with Gasteiger partial charge in [-0.05, 0) is 60.7 Å². The van der Waals surface area contributed by atoms with Crippen LogP contribution in [0.5, 0.6) is 0 Å². The van der Waals surface area contributed by atoms with E-state index in [0.29, 0.717) is 0 Å². The molecule has 0 aliphatic carbocycles. The monoisotopic (exact) mass is 294 g/mol. The maximum atomic E-state index is 11.5. The van der Waals surface area contributed by atoms with Crippen molar-refractivity contribution in [1.82, 2.24) is 0 Å². The van der Waals surface area contributed by atoms with Gasteiger partial charge in [0, 0.05) is 10.7 Å². The maximum absolute atomic E-state index is 11.5. The molecule has 0 radical (unpaired) electrons. The average Bonchev–Trinajstić information content (AvgIpc) is 2.31. The van der Waals surface area contributed by atoms with E-state index in [2.05, 4.69) is 0 Å². The minimum absolute atomic E-state index is 0.144. The van der Waals surface area contributed by atoms with Crippen LogP contribution in [-0.2, 0) is 9.05 Å². The number of rotatable bonds is 2. The van der Waals surface area contributed by atoms with E-state index in [1.54, 1.807) is 12.1 Å². The minimum Gasteiger partial charge on any atom is -0.207 e. The normalized spacial score (nSPS) is 11.6. The van der Waals surface area contributed by atoms with Crippen LogP contribution in [0, 0.1) is 20.8 Å². The van der Waals surface area contributed by atoms with Crippen molar-refractivity contribution in [2.75, 3.05) is 0 Å². The summed E-state index contributed by atoms with van der Waals surface area (Å²) in [6.07, 6.45) is 0. The van der Waals surface area contributed by atoms with Crippen LogP contribution in [0.25, 0.3) is 11.1 Å². The summed E-state index contributed by atoms with van der Waals surface area (Å²) in [6, 6.07) is 11.2. The van der Waals surface area contributed by atoms with Gasteiger partial charge in [0.15, 0.2) is 0 Å². The fourth-order valence-corrected chi connectivity index (χ4v) is 2.97. The molecule has 0 aliphatic heterocycles. The number of benzene rings is 2. The van der Waals surface area contributed by atoms with E-state index in [1.165, 1.54) is 5.56 Å². The summed E-state index contributed by atoms with van der Waals surface area (Å²) in [4.78, 5) is 0.144. The topological polar surface area (TPSA) is 34.1 Å². The first-order valence-electron chi connectivity index (χ1n) is 5.92. The van der Waals surface area contributed by atoms with Gasteiger partial charge in [-0.3, -0.25) is 0 Å². The molecule has 100 valence electrons. The fourth-order valence-electron chi connectivity index (χ4n) is 2.11. The Bertz CT molecular complexity index is 734. The largest absolute Gasteiger partial charge is 0.261 e. The lowest BCUT2D eigenvalue weighted by atomic mass is 9.96. The Balaban J connectivity index is 2.70. The summed E-state index contributed by atoms with van der Waals surface area (Å²) in [5, 5.41) is 0. The molecule has 0 aromatic heterocycles. The highest BCUT2D eigenvalue weighted by atomic mass is 35.7. The number of hydrogen-bond donors (Lipinski definition) is 0. The SMILES string of the molecule is Cc1cc(-c2cccc(C)c2C)cc(S(=O)(=O)Cl)c1. The third-order valence-electron chi connectivity index (χ3n) is 3.25. The molecule has 2 rings (SSSR count). The van der Waals surface area contributed by atoms with E-state index < -0.39 is 9.05 Å². The van der Waals surface area contributed by atoms with Gasteiger partial charge in [-0.2, -0.15) is 0 Å². The lowest BCUT2D eigenvalue weighted by Crippen LogP contribution is -1.94. The van der Waals surface area contributed by atoms with E-state index in [0.717, 1.165) is 22.3 Å². The van der Waals surface area contributed by atoms with Crippen LogP contribution in [0.4, 0.5) is 0 Å². The van der Waals surface area contributed by atoms with Crippen molar-refractivity contribution >= 4 is 19.7 Å². The van der Waals surface area contributed by atoms with Gasteiger partial charge in [-0.15, -0.1) is 0 Å². The van der Waals surface area contributed by atoms with Crippen LogP contribution in [0.2, 0.25) is 0 Å². The second-order valence-corrected chi connectivity index (χ2v) is 7.29. The van der Waals surface area contributed by atoms with Crippen LogP contribution in [0.1, 0.15) is 16.7 Å². The van der Waals surface area contributed by atoms with E-state index in [4.69, 9.17) is 10.7 Å². The van der Waals surface area contributed by atoms with Crippen LogP contribution in [0.3, 0.4) is 0 Å². The zero-order valence-corrected chi connectivity index (χ0v) is 12.6. The predicted molar refractivity (Wildman–Crippen MR) is 79.1 cm³/mol. The molecule has 0 atom stereocenters. The van der Waals surface area contributed by atoms with E-state index in [-0.39, 0.29) is 4.90 Å². The van der Waals surface area contributed by atoms with Crippen molar-refractivity contribution in [2.45, 2.75) is 25.7 Å². The van der Waals surface area contributed by atoms with Crippen molar-refractivity contribution < 1.29 is 8.42 Å². The van der Waals surface area contributed by atoms with Crippen LogP contribution in [0.15, 0.2) is 41.3 Å². The predicted octanol–water partition coefficient (Wildman–Crippen LogP) is 4.21. The van der Waals surface area contributed by atoms with Crippen LogP contribution < -0.4 is 0 Å². The summed E-state index contributed by atoms with van der Waals surface area (Å²) in [7, 11) is 1.73. The molecule has 2 aromatic rings.